The standard InChI is InChI=1S/C11H8F4N2O.C2H6/c1-11(15,10(13)14)17-9(18)7-3-2-6(5-16)4-8(7)12;1-2/h2-4,10H,1H3,(H,17,18);1-2H3. The van der Waals surface area contributed by atoms with Gasteiger partial charge >= 0.3 is 0 Å². The molecule has 20 heavy (non-hydrogen) atoms. The zero-order valence-corrected chi connectivity index (χ0v) is 11.2. The van der Waals surface area contributed by atoms with Crippen molar-refractivity contribution >= 4 is 5.91 Å². The molecular weight excluding hydrogens is 276 g/mol. The number of alkyl halides is 3. The van der Waals surface area contributed by atoms with E-state index in [4.69, 9.17) is 5.26 Å². The van der Waals surface area contributed by atoms with Gasteiger partial charge in [-0.05, 0) is 25.1 Å². The van der Waals surface area contributed by atoms with E-state index in [1.165, 1.54) is 5.32 Å². The van der Waals surface area contributed by atoms with Crippen LogP contribution in [0, 0.1) is 17.1 Å². The van der Waals surface area contributed by atoms with Gasteiger partial charge < -0.3 is 5.32 Å². The molecule has 0 radical (unpaired) electrons. The van der Waals surface area contributed by atoms with Gasteiger partial charge in [0.1, 0.15) is 5.82 Å². The average molecular weight is 290 g/mol. The molecule has 0 spiro atoms. The predicted molar refractivity (Wildman–Crippen MR) is 65.4 cm³/mol. The number of carbonyl (C=O) groups excluding carboxylic acids is 1. The first-order valence-electron chi connectivity index (χ1n) is 5.77. The number of nitrogens with zero attached hydrogens (tertiary/aromatic N) is 1. The molecule has 1 aromatic carbocycles. The van der Waals surface area contributed by atoms with E-state index in [-0.39, 0.29) is 5.56 Å². The van der Waals surface area contributed by atoms with Crippen LogP contribution in [0.3, 0.4) is 0 Å². The number of nitrogens with one attached hydrogen (secondary N) is 1. The molecule has 3 nitrogen and oxygen atoms in total. The molecule has 0 saturated carbocycles. The number of benzene rings is 1. The Balaban J connectivity index is 0.00000172. The van der Waals surface area contributed by atoms with Crippen molar-refractivity contribution in [3.63, 3.8) is 0 Å². The van der Waals surface area contributed by atoms with Crippen LogP contribution in [-0.2, 0) is 0 Å². The van der Waals surface area contributed by atoms with E-state index in [0.29, 0.717) is 6.92 Å². The van der Waals surface area contributed by atoms with Crippen molar-refractivity contribution in [1.29, 1.82) is 5.26 Å². The van der Waals surface area contributed by atoms with Gasteiger partial charge in [0.05, 0.1) is 17.2 Å². The van der Waals surface area contributed by atoms with Crippen molar-refractivity contribution in [2.45, 2.75) is 33.0 Å². The number of halogens is 4. The Bertz CT molecular complexity index is 510. The van der Waals surface area contributed by atoms with Crippen molar-refractivity contribution in [2.24, 2.45) is 0 Å². The van der Waals surface area contributed by atoms with E-state index in [9.17, 15) is 22.4 Å². The van der Waals surface area contributed by atoms with Crippen molar-refractivity contribution in [2.75, 3.05) is 0 Å². The van der Waals surface area contributed by atoms with E-state index in [1.807, 2.05) is 13.8 Å². The lowest BCUT2D eigenvalue weighted by molar-refractivity contribution is -0.0399. The molecule has 0 aromatic heterocycles. The molecular formula is C13H14F4N2O. The highest BCUT2D eigenvalue weighted by Crippen LogP contribution is 2.18. The van der Waals surface area contributed by atoms with Crippen molar-refractivity contribution in [1.82, 2.24) is 5.32 Å². The number of amides is 1. The molecule has 0 aliphatic heterocycles. The highest BCUT2D eigenvalue weighted by molar-refractivity contribution is 5.95. The number of carbonyl (C=O) groups is 1. The molecule has 110 valence electrons. The van der Waals surface area contributed by atoms with Gasteiger partial charge in [-0.15, -0.1) is 0 Å². The zero-order chi connectivity index (χ0) is 15.9. The van der Waals surface area contributed by atoms with Gasteiger partial charge in [0.15, 0.2) is 0 Å². The minimum absolute atomic E-state index is 0.0408. The second-order valence-corrected chi connectivity index (χ2v) is 3.64. The summed E-state index contributed by atoms with van der Waals surface area (Å²) in [4.78, 5) is 11.4. The lowest BCUT2D eigenvalue weighted by Gasteiger charge is -2.20. The largest absolute Gasteiger partial charge is 0.315 e. The topological polar surface area (TPSA) is 52.9 Å². The molecule has 0 aliphatic rings. The van der Waals surface area contributed by atoms with Gasteiger partial charge in [0.2, 0.25) is 5.79 Å². The summed E-state index contributed by atoms with van der Waals surface area (Å²) in [7, 11) is 0. The van der Waals surface area contributed by atoms with Crippen LogP contribution < -0.4 is 5.32 Å². The number of hydrogen-bond acceptors (Lipinski definition) is 2. The van der Waals surface area contributed by atoms with Gasteiger partial charge in [-0.25, -0.2) is 17.6 Å². The molecule has 0 saturated heterocycles. The molecule has 0 heterocycles. The Morgan fingerprint density at radius 1 is 1.40 bits per heavy atom. The second-order valence-electron chi connectivity index (χ2n) is 3.64. The Hall–Kier alpha value is -2.10. The highest BCUT2D eigenvalue weighted by Gasteiger charge is 2.37. The third-order valence-electron chi connectivity index (χ3n) is 2.11. The fourth-order valence-electron chi connectivity index (χ4n) is 1.11. The fraction of sp³-hybridized carbons (Fsp3) is 0.385. The van der Waals surface area contributed by atoms with Crippen LogP contribution in [0.2, 0.25) is 0 Å². The van der Waals surface area contributed by atoms with E-state index < -0.39 is 29.5 Å². The number of nitriles is 1. The van der Waals surface area contributed by atoms with Crippen LogP contribution in [0.4, 0.5) is 17.6 Å². The summed E-state index contributed by atoms with van der Waals surface area (Å²) in [5, 5.41) is 9.85. The zero-order valence-electron chi connectivity index (χ0n) is 11.2. The predicted octanol–water partition coefficient (Wildman–Crippen LogP) is 3.40. The summed E-state index contributed by atoms with van der Waals surface area (Å²) in [6.45, 7) is 4.47. The summed E-state index contributed by atoms with van der Waals surface area (Å²) >= 11 is 0. The molecule has 1 unspecified atom stereocenters. The Labute approximate surface area is 114 Å². The molecule has 1 aromatic rings. The van der Waals surface area contributed by atoms with Gasteiger partial charge in [0, 0.05) is 0 Å². The first kappa shape index (κ1) is 17.9. The normalized spacial score (nSPS) is 12.8. The summed E-state index contributed by atoms with van der Waals surface area (Å²) in [6.07, 6.45) is -3.44. The van der Waals surface area contributed by atoms with Gasteiger partial charge in [-0.1, -0.05) is 13.8 Å². The lowest BCUT2D eigenvalue weighted by Crippen LogP contribution is -2.47. The molecule has 1 atom stereocenters. The third kappa shape index (κ3) is 4.53. The number of rotatable bonds is 3. The van der Waals surface area contributed by atoms with Gasteiger partial charge in [-0.3, -0.25) is 4.79 Å². The maximum absolute atomic E-state index is 13.3. The lowest BCUT2D eigenvalue weighted by atomic mass is 10.1. The fourth-order valence-corrected chi connectivity index (χ4v) is 1.11. The van der Waals surface area contributed by atoms with Crippen LogP contribution in [0.1, 0.15) is 36.7 Å². The average Bonchev–Trinajstić information content (AvgIpc) is 2.39. The highest BCUT2D eigenvalue weighted by atomic mass is 19.3. The van der Waals surface area contributed by atoms with Gasteiger partial charge in [-0.2, -0.15) is 5.26 Å². The van der Waals surface area contributed by atoms with Crippen LogP contribution in [0.15, 0.2) is 18.2 Å². The van der Waals surface area contributed by atoms with Crippen molar-refractivity contribution in [3.8, 4) is 6.07 Å². The summed E-state index contributed by atoms with van der Waals surface area (Å²) < 4.78 is 50.9. The van der Waals surface area contributed by atoms with Gasteiger partial charge in [0.25, 0.3) is 12.3 Å². The minimum atomic E-state index is -3.44. The van der Waals surface area contributed by atoms with Crippen LogP contribution >= 0.6 is 0 Å². The van der Waals surface area contributed by atoms with E-state index in [2.05, 4.69) is 0 Å². The van der Waals surface area contributed by atoms with Crippen LogP contribution in [0.5, 0.6) is 0 Å². The second kappa shape index (κ2) is 7.48. The van der Waals surface area contributed by atoms with Crippen molar-refractivity contribution < 1.29 is 22.4 Å². The monoisotopic (exact) mass is 290 g/mol. The molecule has 1 N–H and O–H groups in total. The van der Waals surface area contributed by atoms with E-state index in [1.54, 1.807) is 6.07 Å². The molecule has 1 rings (SSSR count). The Morgan fingerprint density at radius 3 is 2.35 bits per heavy atom. The first-order chi connectivity index (χ1) is 9.27. The third-order valence-corrected chi connectivity index (χ3v) is 2.11. The van der Waals surface area contributed by atoms with Crippen molar-refractivity contribution in [3.05, 3.63) is 35.1 Å². The first-order valence-corrected chi connectivity index (χ1v) is 5.77. The summed E-state index contributed by atoms with van der Waals surface area (Å²) in [5.74, 6) is -5.66. The maximum atomic E-state index is 13.3. The molecule has 0 aliphatic carbocycles. The van der Waals surface area contributed by atoms with Crippen LogP contribution in [0.25, 0.3) is 0 Å². The summed E-state index contributed by atoms with van der Waals surface area (Å²) in [5.41, 5.74) is -0.653. The molecule has 0 fully saturated rings. The van der Waals surface area contributed by atoms with Crippen LogP contribution in [-0.4, -0.2) is 18.1 Å². The number of hydrogen-bond donors (Lipinski definition) is 1. The quantitative estimate of drug-likeness (QED) is 0.685. The molecule has 7 heteroatoms. The molecule has 0 bridgehead atoms. The maximum Gasteiger partial charge on any atom is 0.290 e. The summed E-state index contributed by atoms with van der Waals surface area (Å²) in [6, 6.07) is 4.43. The Kier molecular flexibility index (Phi) is 6.69. The Morgan fingerprint density at radius 2 is 1.95 bits per heavy atom. The molecule has 1 amide bonds. The SMILES string of the molecule is CC.CC(F)(NC(=O)c1ccc(C#N)cc1F)C(F)F. The van der Waals surface area contributed by atoms with E-state index >= 15 is 0 Å². The smallest absolute Gasteiger partial charge is 0.290 e. The minimum Gasteiger partial charge on any atom is -0.315 e. The van der Waals surface area contributed by atoms with E-state index in [0.717, 1.165) is 18.2 Å².